The molecule has 1 atom stereocenters. The number of anilines is 1. The largest absolute Gasteiger partial charge is 0.419 e. The Bertz CT molecular complexity index is 1820. The number of nitrogens with one attached hydrogen (secondary N) is 2. The first kappa shape index (κ1) is 35.9. The third-order valence-corrected chi connectivity index (χ3v) is 9.02. The van der Waals surface area contributed by atoms with Gasteiger partial charge in [-0.15, -0.1) is 0 Å². The minimum absolute atomic E-state index is 0.00353. The van der Waals surface area contributed by atoms with E-state index in [-0.39, 0.29) is 46.3 Å². The Kier molecular flexibility index (Phi) is 11.5. The van der Waals surface area contributed by atoms with E-state index in [9.17, 15) is 40.8 Å². The first-order valence-electron chi connectivity index (χ1n) is 14.4. The van der Waals surface area contributed by atoms with Crippen LogP contribution in [-0.2, 0) is 27.2 Å². The SMILES string of the molecule is CCCC(=N)c1nc([C@@H](C)N(CCS(=O)(=O)CC)C(=O)Cc2ccc(F)c(C(F)(F)F)c2)n(-c2ccc(C#N)cc2)c(=O)c1NC. The predicted octanol–water partition coefficient (Wildman–Crippen LogP) is 5.04. The molecule has 0 saturated carbocycles. The first-order chi connectivity index (χ1) is 21.6. The van der Waals surface area contributed by atoms with Gasteiger partial charge in [0, 0.05) is 19.3 Å². The van der Waals surface area contributed by atoms with Crippen molar-refractivity contribution in [3.05, 3.63) is 86.8 Å². The van der Waals surface area contributed by atoms with Crippen LogP contribution in [0, 0.1) is 22.6 Å². The van der Waals surface area contributed by atoms with Gasteiger partial charge in [-0.1, -0.05) is 26.3 Å². The summed E-state index contributed by atoms with van der Waals surface area (Å²) in [4.78, 5) is 33.5. The summed E-state index contributed by atoms with van der Waals surface area (Å²) in [6.07, 6.45) is -4.83. The van der Waals surface area contributed by atoms with Gasteiger partial charge < -0.3 is 15.6 Å². The van der Waals surface area contributed by atoms with E-state index >= 15 is 0 Å². The summed E-state index contributed by atoms with van der Waals surface area (Å²) in [7, 11) is -2.16. The van der Waals surface area contributed by atoms with E-state index in [2.05, 4.69) is 10.3 Å². The van der Waals surface area contributed by atoms with Crippen LogP contribution < -0.4 is 10.9 Å². The fourth-order valence-corrected chi connectivity index (χ4v) is 5.56. The molecule has 2 N–H and O–H groups in total. The predicted molar refractivity (Wildman–Crippen MR) is 165 cm³/mol. The molecule has 0 aliphatic heterocycles. The number of sulfone groups is 1. The van der Waals surface area contributed by atoms with Gasteiger partial charge in [0.2, 0.25) is 5.91 Å². The zero-order chi connectivity index (χ0) is 34.4. The number of nitriles is 1. The fourth-order valence-electron chi connectivity index (χ4n) is 4.80. The Morgan fingerprint density at radius 2 is 1.83 bits per heavy atom. The van der Waals surface area contributed by atoms with Gasteiger partial charge >= 0.3 is 6.18 Å². The second-order valence-electron chi connectivity index (χ2n) is 10.5. The van der Waals surface area contributed by atoms with Crippen LogP contribution in [0.25, 0.3) is 5.69 Å². The Morgan fingerprint density at radius 3 is 2.37 bits per heavy atom. The Morgan fingerprint density at radius 1 is 1.17 bits per heavy atom. The minimum Gasteiger partial charge on any atom is -0.382 e. The van der Waals surface area contributed by atoms with Crippen molar-refractivity contribution in [3.63, 3.8) is 0 Å². The molecule has 15 heteroatoms. The molecule has 0 fully saturated rings. The highest BCUT2D eigenvalue weighted by molar-refractivity contribution is 7.91. The van der Waals surface area contributed by atoms with E-state index in [0.29, 0.717) is 24.1 Å². The molecule has 10 nitrogen and oxygen atoms in total. The molecule has 1 amide bonds. The lowest BCUT2D eigenvalue weighted by molar-refractivity contribution is -0.140. The van der Waals surface area contributed by atoms with Crippen LogP contribution in [0.5, 0.6) is 0 Å². The van der Waals surface area contributed by atoms with Crippen LogP contribution in [0.3, 0.4) is 0 Å². The molecule has 1 aromatic heterocycles. The summed E-state index contributed by atoms with van der Waals surface area (Å²) in [6, 6.07) is 8.89. The minimum atomic E-state index is -5.01. The maximum absolute atomic E-state index is 14.0. The van der Waals surface area contributed by atoms with E-state index < -0.39 is 63.6 Å². The molecule has 2 aromatic carbocycles. The maximum atomic E-state index is 14.0. The van der Waals surface area contributed by atoms with Crippen molar-refractivity contribution < 1.29 is 30.8 Å². The first-order valence-corrected chi connectivity index (χ1v) is 16.2. The highest BCUT2D eigenvalue weighted by atomic mass is 32.2. The average Bonchev–Trinajstić information content (AvgIpc) is 3.01. The van der Waals surface area contributed by atoms with Crippen LogP contribution in [0.4, 0.5) is 23.2 Å². The number of amides is 1. The number of carbonyl (C=O) groups is 1. The summed E-state index contributed by atoms with van der Waals surface area (Å²) >= 11 is 0. The quantitative estimate of drug-likeness (QED) is 0.192. The molecule has 0 aliphatic carbocycles. The number of aromatic nitrogens is 2. The van der Waals surface area contributed by atoms with Gasteiger partial charge in [0.15, 0.2) is 9.84 Å². The van der Waals surface area contributed by atoms with Crippen LogP contribution >= 0.6 is 0 Å². The molecule has 0 spiro atoms. The molecule has 46 heavy (non-hydrogen) atoms. The van der Waals surface area contributed by atoms with Crippen molar-refractivity contribution in [1.29, 1.82) is 10.7 Å². The number of hydrogen-bond donors (Lipinski definition) is 2. The lowest BCUT2D eigenvalue weighted by Crippen LogP contribution is -2.41. The van der Waals surface area contributed by atoms with Crippen molar-refractivity contribution in [3.8, 4) is 11.8 Å². The van der Waals surface area contributed by atoms with Crippen LogP contribution in [0.15, 0.2) is 47.3 Å². The van der Waals surface area contributed by atoms with Gasteiger partial charge in [-0.3, -0.25) is 14.2 Å². The average molecular weight is 663 g/mol. The van der Waals surface area contributed by atoms with E-state index in [1.54, 1.807) is 0 Å². The van der Waals surface area contributed by atoms with Crippen molar-refractivity contribution in [1.82, 2.24) is 14.5 Å². The van der Waals surface area contributed by atoms with Gasteiger partial charge in [-0.25, -0.2) is 17.8 Å². The summed E-state index contributed by atoms with van der Waals surface area (Å²) in [5, 5.41) is 20.6. The topological polar surface area (TPSA) is 149 Å². The van der Waals surface area contributed by atoms with Gasteiger partial charge in [0.25, 0.3) is 5.56 Å². The van der Waals surface area contributed by atoms with Crippen molar-refractivity contribution in [2.24, 2.45) is 0 Å². The summed E-state index contributed by atoms with van der Waals surface area (Å²) in [5.74, 6) is -3.10. The van der Waals surface area contributed by atoms with Crippen molar-refractivity contribution >= 4 is 27.1 Å². The van der Waals surface area contributed by atoms with Crippen molar-refractivity contribution in [2.45, 2.75) is 52.3 Å². The Labute approximate surface area is 264 Å². The lowest BCUT2D eigenvalue weighted by Gasteiger charge is -2.31. The second kappa shape index (κ2) is 14.7. The zero-order valence-corrected chi connectivity index (χ0v) is 26.5. The second-order valence-corrected chi connectivity index (χ2v) is 12.9. The molecule has 3 aromatic rings. The summed E-state index contributed by atoms with van der Waals surface area (Å²) < 4.78 is 80.3. The smallest absolute Gasteiger partial charge is 0.382 e. The molecule has 3 rings (SSSR count). The van der Waals surface area contributed by atoms with Crippen LogP contribution in [0.2, 0.25) is 0 Å². The number of hydrogen-bond acceptors (Lipinski definition) is 8. The molecule has 0 bridgehead atoms. The normalized spacial score (nSPS) is 12.3. The number of halogens is 4. The molecule has 0 radical (unpaired) electrons. The van der Waals surface area contributed by atoms with Gasteiger partial charge in [0.1, 0.15) is 23.0 Å². The highest BCUT2D eigenvalue weighted by Gasteiger charge is 2.35. The highest BCUT2D eigenvalue weighted by Crippen LogP contribution is 2.32. The number of nitrogens with zero attached hydrogens (tertiary/aromatic N) is 4. The Hall–Kier alpha value is -4.58. The van der Waals surface area contributed by atoms with E-state index in [1.165, 1.54) is 49.7 Å². The molecule has 1 heterocycles. The molecule has 0 aliphatic rings. The molecule has 246 valence electrons. The standard InChI is InChI=1S/C31H34F4N6O4S/c1-5-7-25(37)27-28(38-4)30(43)41(22-11-8-20(18-36)9-12-22)29(39-27)19(3)40(14-15-46(44,45)6-2)26(42)17-21-10-13-24(32)23(16-21)31(33,34)35/h8-13,16,19,37-38H,5-7,14-15,17H2,1-4H3/t19-/m1/s1. The monoisotopic (exact) mass is 662 g/mol. The van der Waals surface area contributed by atoms with Crippen molar-refractivity contribution in [2.75, 3.05) is 30.4 Å². The van der Waals surface area contributed by atoms with E-state index in [0.717, 1.165) is 11.0 Å². The maximum Gasteiger partial charge on any atom is 0.419 e. The number of carbonyl (C=O) groups excluding carboxylic acids is 1. The molecule has 0 unspecified atom stereocenters. The summed E-state index contributed by atoms with van der Waals surface area (Å²) in [6.45, 7) is 4.34. The zero-order valence-electron chi connectivity index (χ0n) is 25.7. The third-order valence-electron chi connectivity index (χ3n) is 7.34. The number of alkyl halides is 3. The fraction of sp³-hybridized carbons (Fsp3) is 0.387. The van der Waals surface area contributed by atoms with E-state index in [4.69, 9.17) is 5.41 Å². The number of benzene rings is 2. The van der Waals surface area contributed by atoms with Gasteiger partial charge in [0.05, 0.1) is 46.8 Å². The van der Waals surface area contributed by atoms with Crippen LogP contribution in [0.1, 0.15) is 67.9 Å². The Balaban J connectivity index is 2.25. The third kappa shape index (κ3) is 8.16. The summed E-state index contributed by atoms with van der Waals surface area (Å²) in [5.41, 5.74) is -1.76. The molecule has 0 saturated heterocycles. The number of rotatable bonds is 13. The van der Waals surface area contributed by atoms with E-state index in [1.807, 2.05) is 13.0 Å². The van der Waals surface area contributed by atoms with Gasteiger partial charge in [-0.05, 0) is 55.3 Å². The van der Waals surface area contributed by atoms with Crippen LogP contribution in [-0.4, -0.2) is 59.6 Å². The molecular weight excluding hydrogens is 628 g/mol. The van der Waals surface area contributed by atoms with Gasteiger partial charge in [-0.2, -0.15) is 18.4 Å². The molecular formula is C31H34F4N6O4S. The lowest BCUT2D eigenvalue weighted by atomic mass is 10.1.